The number of benzene rings is 2. The Labute approximate surface area is 177 Å². The van der Waals surface area contributed by atoms with Crippen molar-refractivity contribution < 1.29 is 19.1 Å². The van der Waals surface area contributed by atoms with Crippen LogP contribution in [0.4, 0.5) is 0 Å². The zero-order valence-corrected chi connectivity index (χ0v) is 17.4. The van der Waals surface area contributed by atoms with Gasteiger partial charge >= 0.3 is 5.97 Å². The van der Waals surface area contributed by atoms with Crippen LogP contribution in [0.2, 0.25) is 10.0 Å². The number of carbonyl (C=O) groups excluding carboxylic acids is 2. The van der Waals surface area contributed by atoms with E-state index < -0.39 is 11.9 Å². The normalized spacial score (nSPS) is 17.7. The van der Waals surface area contributed by atoms with Gasteiger partial charge in [0, 0.05) is 28.3 Å². The number of halogens is 2. The molecule has 2 aromatic carbocycles. The molecule has 0 aromatic heterocycles. The number of ketones is 1. The minimum atomic E-state index is -0.681. The van der Waals surface area contributed by atoms with Crippen LogP contribution in [0.5, 0.6) is 5.75 Å². The topological polar surface area (TPSA) is 64.6 Å². The van der Waals surface area contributed by atoms with Crippen LogP contribution < -0.4 is 10.1 Å². The third-order valence-corrected chi connectivity index (χ3v) is 5.77. The average Bonchev–Trinajstić information content (AvgIpc) is 2.98. The average molecular weight is 430 g/mol. The number of fused-ring (bicyclic) bond motifs is 2. The van der Waals surface area contributed by atoms with E-state index in [1.807, 2.05) is 18.2 Å². The van der Waals surface area contributed by atoms with Gasteiger partial charge in [-0.05, 0) is 24.6 Å². The van der Waals surface area contributed by atoms with Crippen molar-refractivity contribution >= 4 is 40.7 Å². The van der Waals surface area contributed by atoms with E-state index in [0.717, 1.165) is 5.56 Å². The lowest BCUT2D eigenvalue weighted by molar-refractivity contribution is -0.136. The Kier molecular flexibility index (Phi) is 4.89. The maximum Gasteiger partial charge on any atom is 0.336 e. The van der Waals surface area contributed by atoms with Gasteiger partial charge in [0.25, 0.3) is 0 Å². The number of carbonyl (C=O) groups is 2. The number of ether oxygens (including phenoxy) is 2. The highest BCUT2D eigenvalue weighted by Gasteiger charge is 2.43. The first-order valence-electron chi connectivity index (χ1n) is 8.86. The molecule has 1 aliphatic heterocycles. The second kappa shape index (κ2) is 7.25. The fourth-order valence-corrected chi connectivity index (χ4v) is 4.64. The molecule has 0 spiro atoms. The third kappa shape index (κ3) is 2.93. The van der Waals surface area contributed by atoms with E-state index >= 15 is 0 Å². The fourth-order valence-electron chi connectivity index (χ4n) is 3.98. The summed E-state index contributed by atoms with van der Waals surface area (Å²) < 4.78 is 10.3. The summed E-state index contributed by atoms with van der Waals surface area (Å²) in [6.45, 7) is 1.78. The van der Waals surface area contributed by atoms with Crippen molar-refractivity contribution in [3.8, 4) is 5.75 Å². The van der Waals surface area contributed by atoms with Crippen LogP contribution in [0.25, 0.3) is 5.70 Å². The number of allylic oxidation sites excluding steroid dienone is 2. The van der Waals surface area contributed by atoms with Gasteiger partial charge in [0.2, 0.25) is 0 Å². The number of esters is 1. The Morgan fingerprint density at radius 1 is 1.07 bits per heavy atom. The van der Waals surface area contributed by atoms with Gasteiger partial charge in [0.1, 0.15) is 0 Å². The summed E-state index contributed by atoms with van der Waals surface area (Å²) in [6.07, 6.45) is 0. The van der Waals surface area contributed by atoms with Crippen LogP contribution in [0.3, 0.4) is 0 Å². The summed E-state index contributed by atoms with van der Waals surface area (Å²) in [5, 5.41) is 3.81. The van der Waals surface area contributed by atoms with Crippen molar-refractivity contribution in [2.45, 2.75) is 12.8 Å². The van der Waals surface area contributed by atoms with E-state index in [4.69, 9.17) is 32.7 Å². The number of dihydropyridines is 1. The quantitative estimate of drug-likeness (QED) is 0.713. The summed E-state index contributed by atoms with van der Waals surface area (Å²) in [5.74, 6) is -1.02. The molecule has 148 valence electrons. The van der Waals surface area contributed by atoms with Crippen molar-refractivity contribution in [1.82, 2.24) is 5.32 Å². The summed E-state index contributed by atoms with van der Waals surface area (Å²) >= 11 is 12.7. The van der Waals surface area contributed by atoms with Crippen LogP contribution in [0.15, 0.2) is 53.2 Å². The Bertz CT molecular complexity index is 1110. The first-order valence-corrected chi connectivity index (χ1v) is 9.61. The van der Waals surface area contributed by atoms with Crippen molar-refractivity contribution in [3.63, 3.8) is 0 Å². The molecule has 1 atom stereocenters. The first-order chi connectivity index (χ1) is 13.9. The van der Waals surface area contributed by atoms with Crippen LogP contribution in [0, 0.1) is 0 Å². The highest BCUT2D eigenvalue weighted by Crippen LogP contribution is 2.48. The van der Waals surface area contributed by atoms with Gasteiger partial charge in [0.05, 0.1) is 35.5 Å². The SMILES string of the molecule is COC(=O)C1=C(C)NC2=C(C(=O)c3ccccc32)[C@H]1c1cc(Cl)c(OC)c(Cl)c1. The van der Waals surface area contributed by atoms with Gasteiger partial charge in [-0.1, -0.05) is 47.5 Å². The number of hydrogen-bond donors (Lipinski definition) is 1. The second-order valence-corrected chi connectivity index (χ2v) is 7.58. The van der Waals surface area contributed by atoms with Crippen LogP contribution in [-0.4, -0.2) is 26.0 Å². The molecule has 0 saturated carbocycles. The predicted molar refractivity (Wildman–Crippen MR) is 111 cm³/mol. The van der Waals surface area contributed by atoms with E-state index in [9.17, 15) is 9.59 Å². The molecule has 0 saturated heterocycles. The van der Waals surface area contributed by atoms with Crippen molar-refractivity contribution in [2.75, 3.05) is 14.2 Å². The third-order valence-electron chi connectivity index (χ3n) is 5.21. The van der Waals surface area contributed by atoms with E-state index in [0.29, 0.717) is 49.5 Å². The van der Waals surface area contributed by atoms with Gasteiger partial charge in [-0.3, -0.25) is 4.79 Å². The lowest BCUT2D eigenvalue weighted by atomic mass is 9.80. The standard InChI is InChI=1S/C22H17Cl2NO4/c1-10-16(22(27)29-3)17(11-8-14(23)21(28-2)15(24)9-11)18-19(25-10)12-6-4-5-7-13(12)20(18)26/h4-9,17,25H,1-3H3/t17-/m0/s1. The monoisotopic (exact) mass is 429 g/mol. The highest BCUT2D eigenvalue weighted by atomic mass is 35.5. The van der Waals surface area contributed by atoms with Gasteiger partial charge in [0.15, 0.2) is 11.5 Å². The zero-order valence-electron chi connectivity index (χ0n) is 15.9. The molecule has 0 unspecified atom stereocenters. The molecule has 4 rings (SSSR count). The number of nitrogens with one attached hydrogen (secondary N) is 1. The molecule has 0 fully saturated rings. The molecule has 5 nitrogen and oxygen atoms in total. The molecule has 1 heterocycles. The number of Topliss-reactive ketones (excluding diaryl/α,β-unsaturated/α-hetero) is 1. The van der Waals surface area contributed by atoms with E-state index in [1.165, 1.54) is 14.2 Å². The molecule has 0 amide bonds. The van der Waals surface area contributed by atoms with Gasteiger partial charge < -0.3 is 14.8 Å². The summed E-state index contributed by atoms with van der Waals surface area (Å²) in [5.41, 5.74) is 4.08. The summed E-state index contributed by atoms with van der Waals surface area (Å²) in [4.78, 5) is 26.0. The van der Waals surface area contributed by atoms with E-state index in [-0.39, 0.29) is 5.78 Å². The lowest BCUT2D eigenvalue weighted by Crippen LogP contribution is -2.29. The zero-order chi connectivity index (χ0) is 20.9. The Morgan fingerprint density at radius 3 is 2.28 bits per heavy atom. The molecule has 7 heteroatoms. The molecule has 2 aromatic rings. The van der Waals surface area contributed by atoms with Crippen molar-refractivity contribution in [2.24, 2.45) is 0 Å². The molecule has 0 bridgehead atoms. The Hall–Kier alpha value is -2.76. The second-order valence-electron chi connectivity index (χ2n) is 6.77. The molecular weight excluding hydrogens is 413 g/mol. The van der Waals surface area contributed by atoms with Crippen LogP contribution in [-0.2, 0) is 9.53 Å². The van der Waals surface area contributed by atoms with Gasteiger partial charge in [-0.15, -0.1) is 0 Å². The molecule has 29 heavy (non-hydrogen) atoms. The Morgan fingerprint density at radius 2 is 1.69 bits per heavy atom. The van der Waals surface area contributed by atoms with Crippen molar-refractivity contribution in [1.29, 1.82) is 0 Å². The van der Waals surface area contributed by atoms with Gasteiger partial charge in [-0.2, -0.15) is 0 Å². The number of hydrogen-bond acceptors (Lipinski definition) is 5. The maximum absolute atomic E-state index is 13.3. The van der Waals surface area contributed by atoms with E-state index in [1.54, 1.807) is 25.1 Å². The van der Waals surface area contributed by atoms with Crippen LogP contribution >= 0.6 is 23.2 Å². The summed E-state index contributed by atoms with van der Waals surface area (Å²) in [6, 6.07) is 10.7. The van der Waals surface area contributed by atoms with Crippen LogP contribution in [0.1, 0.15) is 34.3 Å². The minimum absolute atomic E-state index is 0.148. The van der Waals surface area contributed by atoms with E-state index in [2.05, 4.69) is 5.32 Å². The molecule has 1 N–H and O–H groups in total. The smallest absolute Gasteiger partial charge is 0.336 e. The predicted octanol–water partition coefficient (Wildman–Crippen LogP) is 4.74. The molecule has 0 radical (unpaired) electrons. The highest BCUT2D eigenvalue weighted by molar-refractivity contribution is 6.37. The molecular formula is C22H17Cl2NO4. The Balaban J connectivity index is 1.98. The minimum Gasteiger partial charge on any atom is -0.494 e. The number of methoxy groups -OCH3 is 2. The number of rotatable bonds is 3. The van der Waals surface area contributed by atoms with Crippen molar-refractivity contribution in [3.05, 3.63) is 80.0 Å². The molecule has 1 aliphatic carbocycles. The molecule has 2 aliphatic rings. The fraction of sp³-hybridized carbons (Fsp3) is 0.182. The lowest BCUT2D eigenvalue weighted by Gasteiger charge is -2.29. The largest absolute Gasteiger partial charge is 0.494 e. The van der Waals surface area contributed by atoms with Gasteiger partial charge in [-0.25, -0.2) is 4.79 Å². The summed E-state index contributed by atoms with van der Waals surface area (Å²) in [7, 11) is 2.78. The maximum atomic E-state index is 13.3. The first kappa shape index (κ1) is 19.6.